The lowest BCUT2D eigenvalue weighted by molar-refractivity contribution is -0.656. The molecule has 116 valence electrons. The SMILES string of the molecule is CCCCCCCCCCCC[NH2+]CCOCCO. The fourth-order valence-electron chi connectivity index (χ4n) is 2.25. The van der Waals surface area contributed by atoms with E-state index in [4.69, 9.17) is 9.84 Å². The molecule has 3 nitrogen and oxygen atoms in total. The summed E-state index contributed by atoms with van der Waals surface area (Å²) in [5.74, 6) is 0. The number of rotatable bonds is 16. The summed E-state index contributed by atoms with van der Waals surface area (Å²) < 4.78 is 5.20. The van der Waals surface area contributed by atoms with Crippen molar-refractivity contribution in [2.45, 2.75) is 71.1 Å². The molecule has 0 radical (unpaired) electrons. The first-order valence-corrected chi connectivity index (χ1v) is 8.42. The smallest absolute Gasteiger partial charge is 0.0993 e. The molecular weight excluding hydrogens is 238 g/mol. The van der Waals surface area contributed by atoms with Crippen LogP contribution in [0.3, 0.4) is 0 Å². The average Bonchev–Trinajstić information content (AvgIpc) is 2.43. The van der Waals surface area contributed by atoms with Crippen LogP contribution in [0.4, 0.5) is 0 Å². The zero-order valence-corrected chi connectivity index (χ0v) is 13.0. The summed E-state index contributed by atoms with van der Waals surface area (Å²) in [5, 5.41) is 10.9. The molecule has 0 rings (SSSR count). The van der Waals surface area contributed by atoms with Crippen LogP contribution in [0.15, 0.2) is 0 Å². The first kappa shape index (κ1) is 18.9. The Bertz CT molecular complexity index is 138. The van der Waals surface area contributed by atoms with Crippen molar-refractivity contribution in [3.05, 3.63) is 0 Å². The highest BCUT2D eigenvalue weighted by Crippen LogP contribution is 2.09. The molecule has 0 amide bonds. The first-order chi connectivity index (χ1) is 9.41. The van der Waals surface area contributed by atoms with Crippen molar-refractivity contribution in [2.75, 3.05) is 32.9 Å². The average molecular weight is 274 g/mol. The fraction of sp³-hybridized carbons (Fsp3) is 1.00. The highest BCUT2D eigenvalue weighted by molar-refractivity contribution is 4.46. The van der Waals surface area contributed by atoms with Crippen molar-refractivity contribution >= 4 is 0 Å². The maximum Gasteiger partial charge on any atom is 0.0993 e. The summed E-state index contributed by atoms with van der Waals surface area (Å²) in [4.78, 5) is 0. The standard InChI is InChI=1S/C16H35NO2/c1-2-3-4-5-6-7-8-9-10-11-12-17-13-15-19-16-14-18/h17-18H,2-16H2,1H3/p+1. The zero-order chi connectivity index (χ0) is 14.0. The molecule has 0 heterocycles. The number of unbranched alkanes of at least 4 members (excludes halogenated alkanes) is 9. The largest absolute Gasteiger partial charge is 0.394 e. The third kappa shape index (κ3) is 17.9. The van der Waals surface area contributed by atoms with E-state index in [2.05, 4.69) is 12.2 Å². The van der Waals surface area contributed by atoms with Gasteiger partial charge in [0.05, 0.1) is 32.9 Å². The van der Waals surface area contributed by atoms with E-state index in [0.717, 1.165) is 13.2 Å². The number of quaternary nitrogens is 1. The number of aliphatic hydroxyl groups excluding tert-OH is 1. The van der Waals surface area contributed by atoms with Crippen LogP contribution >= 0.6 is 0 Å². The Hall–Kier alpha value is -0.120. The summed E-state index contributed by atoms with van der Waals surface area (Å²) in [6.45, 7) is 5.90. The van der Waals surface area contributed by atoms with E-state index in [-0.39, 0.29) is 6.61 Å². The summed E-state index contributed by atoms with van der Waals surface area (Å²) in [5.41, 5.74) is 0. The van der Waals surface area contributed by atoms with Crippen molar-refractivity contribution < 1.29 is 15.2 Å². The number of hydrogen-bond donors (Lipinski definition) is 2. The molecule has 0 spiro atoms. The topological polar surface area (TPSA) is 46.1 Å². The second-order valence-corrected chi connectivity index (χ2v) is 5.38. The molecule has 0 aromatic carbocycles. The molecule has 0 saturated carbocycles. The molecule has 0 atom stereocenters. The lowest BCUT2D eigenvalue weighted by Gasteiger charge is -2.03. The maximum atomic E-state index is 8.53. The molecule has 0 aliphatic heterocycles. The van der Waals surface area contributed by atoms with Gasteiger partial charge in [0.15, 0.2) is 0 Å². The van der Waals surface area contributed by atoms with Crippen molar-refractivity contribution in [3.63, 3.8) is 0 Å². The molecule has 0 fully saturated rings. The lowest BCUT2D eigenvalue weighted by Crippen LogP contribution is -2.85. The van der Waals surface area contributed by atoms with E-state index in [1.54, 1.807) is 0 Å². The number of nitrogens with two attached hydrogens (primary N) is 1. The molecule has 0 aliphatic rings. The highest BCUT2D eigenvalue weighted by atomic mass is 16.5. The van der Waals surface area contributed by atoms with Crippen LogP contribution < -0.4 is 5.32 Å². The minimum Gasteiger partial charge on any atom is -0.394 e. The van der Waals surface area contributed by atoms with Gasteiger partial charge in [-0.2, -0.15) is 0 Å². The van der Waals surface area contributed by atoms with Crippen molar-refractivity contribution in [1.82, 2.24) is 0 Å². The van der Waals surface area contributed by atoms with Gasteiger partial charge in [-0.15, -0.1) is 0 Å². The minimum atomic E-state index is 0.137. The third-order valence-electron chi connectivity index (χ3n) is 3.46. The Morgan fingerprint density at radius 2 is 1.32 bits per heavy atom. The van der Waals surface area contributed by atoms with Crippen LogP contribution in [0.25, 0.3) is 0 Å². The Morgan fingerprint density at radius 3 is 1.89 bits per heavy atom. The van der Waals surface area contributed by atoms with Crippen molar-refractivity contribution in [3.8, 4) is 0 Å². The number of ether oxygens (including phenoxy) is 1. The lowest BCUT2D eigenvalue weighted by atomic mass is 10.1. The van der Waals surface area contributed by atoms with Gasteiger partial charge in [0.1, 0.15) is 0 Å². The molecule has 0 aliphatic carbocycles. The molecule has 0 aromatic heterocycles. The number of hydrogen-bond acceptors (Lipinski definition) is 2. The van der Waals surface area contributed by atoms with Gasteiger partial charge in [0.25, 0.3) is 0 Å². The van der Waals surface area contributed by atoms with E-state index < -0.39 is 0 Å². The molecule has 3 N–H and O–H groups in total. The predicted molar refractivity (Wildman–Crippen MR) is 81.4 cm³/mol. The molecule has 0 saturated heterocycles. The van der Waals surface area contributed by atoms with Crippen LogP contribution in [0, 0.1) is 0 Å². The highest BCUT2D eigenvalue weighted by Gasteiger charge is 1.94. The van der Waals surface area contributed by atoms with Crippen LogP contribution in [0.2, 0.25) is 0 Å². The van der Waals surface area contributed by atoms with Crippen molar-refractivity contribution in [2.24, 2.45) is 0 Å². The Kier molecular flexibility index (Phi) is 17.8. The van der Waals surface area contributed by atoms with Crippen LogP contribution in [0.1, 0.15) is 71.1 Å². The second-order valence-electron chi connectivity index (χ2n) is 5.38. The van der Waals surface area contributed by atoms with Gasteiger partial charge < -0.3 is 15.2 Å². The fourth-order valence-corrected chi connectivity index (χ4v) is 2.25. The molecular formula is C16H36NO2+. The minimum absolute atomic E-state index is 0.137. The Morgan fingerprint density at radius 1 is 0.737 bits per heavy atom. The van der Waals surface area contributed by atoms with Gasteiger partial charge in [-0.3, -0.25) is 0 Å². The predicted octanol–water partition coefficient (Wildman–Crippen LogP) is 2.48. The van der Waals surface area contributed by atoms with E-state index in [0.29, 0.717) is 6.61 Å². The quantitative estimate of drug-likeness (QED) is 0.425. The van der Waals surface area contributed by atoms with Gasteiger partial charge in [-0.05, 0) is 12.8 Å². The maximum absolute atomic E-state index is 8.53. The monoisotopic (exact) mass is 274 g/mol. The van der Waals surface area contributed by atoms with Gasteiger partial charge in [0.2, 0.25) is 0 Å². The molecule has 0 bridgehead atoms. The van der Waals surface area contributed by atoms with E-state index >= 15 is 0 Å². The molecule has 0 unspecified atom stereocenters. The summed E-state index contributed by atoms with van der Waals surface area (Å²) in [7, 11) is 0. The van der Waals surface area contributed by atoms with Crippen molar-refractivity contribution in [1.29, 1.82) is 0 Å². The zero-order valence-electron chi connectivity index (χ0n) is 13.0. The van der Waals surface area contributed by atoms with Crippen LogP contribution in [0.5, 0.6) is 0 Å². The Labute approximate surface area is 120 Å². The van der Waals surface area contributed by atoms with Crippen LogP contribution in [-0.4, -0.2) is 38.0 Å². The van der Waals surface area contributed by atoms with E-state index in [9.17, 15) is 0 Å². The summed E-state index contributed by atoms with van der Waals surface area (Å²) >= 11 is 0. The van der Waals surface area contributed by atoms with Gasteiger partial charge >= 0.3 is 0 Å². The van der Waals surface area contributed by atoms with E-state index in [1.165, 1.54) is 70.8 Å². The van der Waals surface area contributed by atoms with Crippen LogP contribution in [-0.2, 0) is 4.74 Å². The molecule has 0 aromatic rings. The van der Waals surface area contributed by atoms with Gasteiger partial charge in [-0.25, -0.2) is 0 Å². The molecule has 19 heavy (non-hydrogen) atoms. The summed E-state index contributed by atoms with van der Waals surface area (Å²) in [6.07, 6.45) is 14.0. The van der Waals surface area contributed by atoms with Gasteiger partial charge in [-0.1, -0.05) is 58.3 Å². The summed E-state index contributed by atoms with van der Waals surface area (Å²) in [6, 6.07) is 0. The van der Waals surface area contributed by atoms with Gasteiger partial charge in [0, 0.05) is 0 Å². The normalized spacial score (nSPS) is 11.1. The number of aliphatic hydroxyl groups is 1. The second kappa shape index (κ2) is 17.9. The molecule has 3 heteroatoms. The Balaban J connectivity index is 2.88. The van der Waals surface area contributed by atoms with E-state index in [1.807, 2.05) is 0 Å². The first-order valence-electron chi connectivity index (χ1n) is 8.42. The third-order valence-corrected chi connectivity index (χ3v) is 3.46.